The first-order valence-corrected chi connectivity index (χ1v) is 9.57. The van der Waals surface area contributed by atoms with E-state index in [2.05, 4.69) is 38.1 Å². The summed E-state index contributed by atoms with van der Waals surface area (Å²) in [5.41, 5.74) is 0. The van der Waals surface area contributed by atoms with Crippen LogP contribution in [0.4, 0.5) is 0 Å². The average Bonchev–Trinajstić information content (AvgIpc) is 2.46. The number of hydrogen-bond acceptors (Lipinski definition) is 1. The van der Waals surface area contributed by atoms with Gasteiger partial charge >= 0.3 is 0 Å². The molecule has 126 valence electrons. The molecule has 0 saturated heterocycles. The van der Waals surface area contributed by atoms with E-state index >= 15 is 0 Å². The van der Waals surface area contributed by atoms with Gasteiger partial charge in [-0.05, 0) is 52.7 Å². The van der Waals surface area contributed by atoms with Crippen LogP contribution < -0.4 is 0 Å². The lowest BCUT2D eigenvalue weighted by Gasteiger charge is -2.07. The molecule has 0 N–H and O–H groups in total. The molecule has 0 aromatic rings. The highest BCUT2D eigenvalue weighted by molar-refractivity contribution is 4.81. The molecule has 1 nitrogen and oxygen atoms in total. The van der Waals surface area contributed by atoms with Crippen molar-refractivity contribution >= 4 is 0 Å². The van der Waals surface area contributed by atoms with Crippen molar-refractivity contribution in [3.05, 3.63) is 12.2 Å². The Hall–Kier alpha value is -0.300. The fraction of sp³-hybridized carbons (Fsp3) is 0.900. The standard InChI is InChI=1S/C20H41N/c1-4-5-6-7-8-9-10-11-12-13-14-15-16-17-18-19-20-21(2)3/h14-15H,4-13,16-20H2,1-3H3. The van der Waals surface area contributed by atoms with Gasteiger partial charge in [0.25, 0.3) is 0 Å². The van der Waals surface area contributed by atoms with Gasteiger partial charge in [-0.25, -0.2) is 0 Å². The molecule has 21 heavy (non-hydrogen) atoms. The van der Waals surface area contributed by atoms with Crippen LogP contribution in [0.15, 0.2) is 12.2 Å². The molecule has 0 heterocycles. The SMILES string of the molecule is CCCCCCCCCCCC=CCCCCCN(C)C. The molecule has 0 atom stereocenters. The van der Waals surface area contributed by atoms with Crippen LogP contribution in [0.3, 0.4) is 0 Å². The first-order valence-electron chi connectivity index (χ1n) is 9.57. The number of hydrogen-bond donors (Lipinski definition) is 0. The highest BCUT2D eigenvalue weighted by Crippen LogP contribution is 2.11. The second-order valence-electron chi connectivity index (χ2n) is 6.74. The third kappa shape index (κ3) is 19.7. The lowest BCUT2D eigenvalue weighted by molar-refractivity contribution is 0.392. The molecule has 0 spiro atoms. The van der Waals surface area contributed by atoms with Crippen LogP contribution in [0.25, 0.3) is 0 Å². The second kappa shape index (κ2) is 17.8. The van der Waals surface area contributed by atoms with Crippen LogP contribution >= 0.6 is 0 Å². The van der Waals surface area contributed by atoms with Crippen LogP contribution in [0, 0.1) is 0 Å². The Morgan fingerprint density at radius 2 is 1.00 bits per heavy atom. The summed E-state index contributed by atoms with van der Waals surface area (Å²) in [6.45, 7) is 3.53. The smallest absolute Gasteiger partial charge is 0.00248 e. The Morgan fingerprint density at radius 1 is 0.571 bits per heavy atom. The van der Waals surface area contributed by atoms with E-state index in [0.29, 0.717) is 0 Å². The number of rotatable bonds is 16. The summed E-state index contributed by atoms with van der Waals surface area (Å²) >= 11 is 0. The summed E-state index contributed by atoms with van der Waals surface area (Å²) in [5, 5.41) is 0. The lowest BCUT2D eigenvalue weighted by Crippen LogP contribution is -2.12. The van der Waals surface area contributed by atoms with Crippen LogP contribution in [0.5, 0.6) is 0 Å². The molecule has 0 aromatic heterocycles. The first-order chi connectivity index (χ1) is 10.3. The minimum absolute atomic E-state index is 1.24. The molecular weight excluding hydrogens is 254 g/mol. The summed E-state index contributed by atoms with van der Waals surface area (Å²) in [6.07, 6.45) is 24.4. The van der Waals surface area contributed by atoms with Gasteiger partial charge in [-0.2, -0.15) is 0 Å². The summed E-state index contributed by atoms with van der Waals surface area (Å²) in [4.78, 5) is 2.28. The van der Waals surface area contributed by atoms with E-state index in [-0.39, 0.29) is 0 Å². The highest BCUT2D eigenvalue weighted by Gasteiger charge is 1.92. The van der Waals surface area contributed by atoms with Crippen molar-refractivity contribution in [2.24, 2.45) is 0 Å². The molecule has 0 amide bonds. The van der Waals surface area contributed by atoms with Gasteiger partial charge in [0.05, 0.1) is 0 Å². The van der Waals surface area contributed by atoms with E-state index in [1.165, 1.54) is 96.4 Å². The van der Waals surface area contributed by atoms with Crippen LogP contribution in [-0.4, -0.2) is 25.5 Å². The second-order valence-corrected chi connectivity index (χ2v) is 6.74. The zero-order chi connectivity index (χ0) is 15.6. The van der Waals surface area contributed by atoms with Gasteiger partial charge in [0, 0.05) is 0 Å². The lowest BCUT2D eigenvalue weighted by atomic mass is 10.1. The molecule has 0 radical (unpaired) electrons. The van der Waals surface area contributed by atoms with Crippen LogP contribution in [-0.2, 0) is 0 Å². The third-order valence-electron chi connectivity index (χ3n) is 4.12. The van der Waals surface area contributed by atoms with Crippen LogP contribution in [0.1, 0.15) is 96.8 Å². The predicted octanol–water partition coefficient (Wildman–Crippen LogP) is 6.59. The summed E-state index contributed by atoms with van der Waals surface area (Å²) < 4.78 is 0. The fourth-order valence-corrected chi connectivity index (χ4v) is 2.68. The van der Waals surface area contributed by atoms with Crippen LogP contribution in [0.2, 0.25) is 0 Å². The predicted molar refractivity (Wildman–Crippen MR) is 98.0 cm³/mol. The van der Waals surface area contributed by atoms with E-state index in [1.54, 1.807) is 0 Å². The van der Waals surface area contributed by atoms with E-state index in [0.717, 1.165) is 0 Å². The molecule has 0 aromatic carbocycles. The minimum Gasteiger partial charge on any atom is -0.309 e. The average molecular weight is 296 g/mol. The number of nitrogens with zero attached hydrogens (tertiary/aromatic N) is 1. The third-order valence-corrected chi connectivity index (χ3v) is 4.12. The van der Waals surface area contributed by atoms with Gasteiger partial charge in [0.15, 0.2) is 0 Å². The summed E-state index contributed by atoms with van der Waals surface area (Å²) in [6, 6.07) is 0. The zero-order valence-electron chi connectivity index (χ0n) is 15.2. The summed E-state index contributed by atoms with van der Waals surface area (Å²) in [5.74, 6) is 0. The van der Waals surface area contributed by atoms with Gasteiger partial charge in [0.2, 0.25) is 0 Å². The Kier molecular flexibility index (Phi) is 17.5. The van der Waals surface area contributed by atoms with E-state index in [1.807, 2.05) is 0 Å². The normalized spacial score (nSPS) is 11.8. The van der Waals surface area contributed by atoms with Crippen molar-refractivity contribution in [1.82, 2.24) is 4.90 Å². The van der Waals surface area contributed by atoms with Crippen molar-refractivity contribution in [2.45, 2.75) is 96.8 Å². The van der Waals surface area contributed by atoms with E-state index in [9.17, 15) is 0 Å². The Labute approximate surface area is 135 Å². The molecule has 0 aliphatic carbocycles. The number of unbranched alkanes of at least 4 members (excludes halogenated alkanes) is 12. The monoisotopic (exact) mass is 295 g/mol. The van der Waals surface area contributed by atoms with E-state index < -0.39 is 0 Å². The molecule has 1 heteroatoms. The summed E-state index contributed by atoms with van der Waals surface area (Å²) in [7, 11) is 4.32. The van der Waals surface area contributed by atoms with Gasteiger partial charge in [0.1, 0.15) is 0 Å². The molecule has 0 rings (SSSR count). The van der Waals surface area contributed by atoms with Crippen molar-refractivity contribution < 1.29 is 0 Å². The largest absolute Gasteiger partial charge is 0.309 e. The van der Waals surface area contributed by atoms with Crippen molar-refractivity contribution in [1.29, 1.82) is 0 Å². The molecule has 0 unspecified atom stereocenters. The quantitative estimate of drug-likeness (QED) is 0.229. The zero-order valence-corrected chi connectivity index (χ0v) is 15.2. The minimum atomic E-state index is 1.24. The fourth-order valence-electron chi connectivity index (χ4n) is 2.68. The number of allylic oxidation sites excluding steroid dienone is 2. The van der Waals surface area contributed by atoms with Gasteiger partial charge in [-0.3, -0.25) is 0 Å². The van der Waals surface area contributed by atoms with Crippen molar-refractivity contribution in [3.63, 3.8) is 0 Å². The Balaban J connectivity index is 3.05. The molecule has 0 fully saturated rings. The Morgan fingerprint density at radius 3 is 1.48 bits per heavy atom. The molecule has 0 bridgehead atoms. The molecule has 0 aliphatic heterocycles. The molecule has 0 saturated carbocycles. The first kappa shape index (κ1) is 20.7. The van der Waals surface area contributed by atoms with Gasteiger partial charge in [-0.1, -0.05) is 76.9 Å². The maximum absolute atomic E-state index is 2.41. The van der Waals surface area contributed by atoms with Gasteiger partial charge < -0.3 is 4.90 Å². The van der Waals surface area contributed by atoms with Crippen molar-refractivity contribution in [3.8, 4) is 0 Å². The highest BCUT2D eigenvalue weighted by atomic mass is 15.0. The topological polar surface area (TPSA) is 3.24 Å². The van der Waals surface area contributed by atoms with Crippen molar-refractivity contribution in [2.75, 3.05) is 20.6 Å². The molecule has 0 aliphatic rings. The Bertz CT molecular complexity index is 208. The maximum atomic E-state index is 2.41. The molecular formula is C20H41N. The maximum Gasteiger partial charge on any atom is -0.00248 e. The van der Waals surface area contributed by atoms with Gasteiger partial charge in [-0.15, -0.1) is 0 Å². The van der Waals surface area contributed by atoms with E-state index in [4.69, 9.17) is 0 Å².